The monoisotopic (exact) mass is 340 g/mol. The van der Waals surface area contributed by atoms with Crippen LogP contribution >= 0.6 is 0 Å². The normalized spacial score (nSPS) is 20.0. The fourth-order valence-electron chi connectivity index (χ4n) is 4.19. The predicted octanol–water partition coefficient (Wildman–Crippen LogP) is 3.28. The van der Waals surface area contributed by atoms with Gasteiger partial charge in [-0.05, 0) is 30.4 Å². The lowest BCUT2D eigenvalue weighted by Gasteiger charge is -2.31. The van der Waals surface area contributed by atoms with Crippen LogP contribution in [-0.4, -0.2) is 49.2 Å². The molecule has 1 aromatic heterocycles. The van der Waals surface area contributed by atoms with Gasteiger partial charge in [0.1, 0.15) is 5.69 Å². The lowest BCUT2D eigenvalue weighted by Crippen LogP contribution is -2.40. The molecule has 2 aromatic rings. The summed E-state index contributed by atoms with van der Waals surface area (Å²) in [6.07, 6.45) is 4.75. The first-order valence-corrected chi connectivity index (χ1v) is 9.02. The molecule has 0 unspecified atom stereocenters. The van der Waals surface area contributed by atoms with Crippen molar-refractivity contribution in [3.8, 4) is 5.88 Å². The highest BCUT2D eigenvalue weighted by Gasteiger charge is 2.39. The van der Waals surface area contributed by atoms with Crippen molar-refractivity contribution < 1.29 is 14.3 Å². The van der Waals surface area contributed by atoms with Crippen LogP contribution in [0.25, 0.3) is 10.8 Å². The maximum Gasteiger partial charge on any atom is 0.272 e. The summed E-state index contributed by atoms with van der Waals surface area (Å²) in [5.74, 6) is 0.476. The molecular formula is C20H24N2O3. The third kappa shape index (κ3) is 3.09. The molecule has 1 saturated heterocycles. The second-order valence-corrected chi connectivity index (χ2v) is 7.22. The molecule has 1 aromatic carbocycles. The predicted molar refractivity (Wildman–Crippen MR) is 95.9 cm³/mol. The minimum Gasteiger partial charge on any atom is -0.481 e. The molecule has 1 aliphatic carbocycles. The highest BCUT2D eigenvalue weighted by Crippen LogP contribution is 2.40. The van der Waals surface area contributed by atoms with Gasteiger partial charge < -0.3 is 14.4 Å². The van der Waals surface area contributed by atoms with Gasteiger partial charge in [0.25, 0.3) is 5.91 Å². The fraction of sp³-hybridized carbons (Fsp3) is 0.500. The van der Waals surface area contributed by atoms with Crippen LogP contribution in [0.1, 0.15) is 36.2 Å². The van der Waals surface area contributed by atoms with Crippen LogP contribution in [0, 0.1) is 5.41 Å². The summed E-state index contributed by atoms with van der Waals surface area (Å²) in [5.41, 5.74) is 0.582. The maximum atomic E-state index is 13.2. The van der Waals surface area contributed by atoms with Crippen LogP contribution in [0.2, 0.25) is 0 Å². The summed E-state index contributed by atoms with van der Waals surface area (Å²) < 4.78 is 11.2. The number of carbonyl (C=O) groups excluding carboxylic acids is 1. The van der Waals surface area contributed by atoms with Crippen molar-refractivity contribution in [2.45, 2.75) is 25.7 Å². The first kappa shape index (κ1) is 16.3. The molecule has 132 valence electrons. The van der Waals surface area contributed by atoms with Gasteiger partial charge in [-0.25, -0.2) is 4.98 Å². The van der Waals surface area contributed by atoms with Crippen molar-refractivity contribution >= 4 is 16.7 Å². The molecule has 4 rings (SSSR count). The molecule has 0 radical (unpaired) electrons. The third-order valence-corrected chi connectivity index (χ3v) is 5.51. The third-order valence-electron chi connectivity index (χ3n) is 5.51. The largest absolute Gasteiger partial charge is 0.481 e. The summed E-state index contributed by atoms with van der Waals surface area (Å²) in [7, 11) is 1.59. The Labute approximate surface area is 147 Å². The molecular weight excluding hydrogens is 316 g/mol. The van der Waals surface area contributed by atoms with Crippen LogP contribution in [-0.2, 0) is 4.74 Å². The van der Waals surface area contributed by atoms with Crippen LogP contribution in [0.3, 0.4) is 0 Å². The van der Waals surface area contributed by atoms with E-state index in [9.17, 15) is 4.79 Å². The van der Waals surface area contributed by atoms with Crippen LogP contribution in [0.5, 0.6) is 5.88 Å². The van der Waals surface area contributed by atoms with Gasteiger partial charge in [-0.15, -0.1) is 0 Å². The number of carbonyl (C=O) groups is 1. The van der Waals surface area contributed by atoms with E-state index in [2.05, 4.69) is 4.98 Å². The van der Waals surface area contributed by atoms with Gasteiger partial charge in [-0.3, -0.25) is 4.79 Å². The minimum atomic E-state index is -0.0270. The van der Waals surface area contributed by atoms with Gasteiger partial charge in [0.2, 0.25) is 5.88 Å². The second kappa shape index (κ2) is 6.64. The number of amides is 1. The Morgan fingerprint density at radius 1 is 1.28 bits per heavy atom. The number of ether oxygens (including phenoxy) is 2. The number of hydrogen-bond acceptors (Lipinski definition) is 4. The zero-order valence-electron chi connectivity index (χ0n) is 14.7. The Morgan fingerprint density at radius 2 is 2.08 bits per heavy atom. The summed E-state index contributed by atoms with van der Waals surface area (Å²) in [6.45, 7) is 2.75. The number of benzene rings is 1. The van der Waals surface area contributed by atoms with Crippen molar-refractivity contribution in [3.05, 3.63) is 36.0 Å². The molecule has 5 nitrogen and oxygen atoms in total. The molecule has 2 fully saturated rings. The van der Waals surface area contributed by atoms with E-state index in [1.807, 2.05) is 35.2 Å². The van der Waals surface area contributed by atoms with Gasteiger partial charge in [-0.1, -0.05) is 31.0 Å². The van der Waals surface area contributed by atoms with Crippen molar-refractivity contribution in [1.82, 2.24) is 9.88 Å². The molecule has 1 aliphatic heterocycles. The van der Waals surface area contributed by atoms with Crippen LogP contribution in [0.15, 0.2) is 30.3 Å². The fourth-order valence-corrected chi connectivity index (χ4v) is 4.19. The van der Waals surface area contributed by atoms with E-state index in [1.54, 1.807) is 7.11 Å². The number of methoxy groups -OCH3 is 1. The van der Waals surface area contributed by atoms with Gasteiger partial charge >= 0.3 is 0 Å². The standard InChI is InChI=1S/C20H24N2O3/c1-24-18-16-7-3-2-6-15(16)12-17(21-18)19(23)22-10-11-25-14-20(13-22)8-4-5-9-20/h2-3,6-7,12H,4-5,8-11,13-14H2,1H3. The van der Waals surface area contributed by atoms with E-state index in [0.717, 1.165) is 36.8 Å². The first-order valence-electron chi connectivity index (χ1n) is 9.02. The van der Waals surface area contributed by atoms with E-state index in [1.165, 1.54) is 12.8 Å². The molecule has 0 bridgehead atoms. The Bertz CT molecular complexity index is 784. The van der Waals surface area contributed by atoms with Crippen molar-refractivity contribution in [1.29, 1.82) is 0 Å². The number of fused-ring (bicyclic) bond motifs is 1. The number of nitrogens with zero attached hydrogens (tertiary/aromatic N) is 2. The van der Waals surface area contributed by atoms with Crippen LogP contribution in [0.4, 0.5) is 0 Å². The smallest absolute Gasteiger partial charge is 0.272 e. The lowest BCUT2D eigenvalue weighted by molar-refractivity contribution is 0.0641. The molecule has 2 heterocycles. The maximum absolute atomic E-state index is 13.2. The van der Waals surface area contributed by atoms with E-state index in [-0.39, 0.29) is 11.3 Å². The van der Waals surface area contributed by atoms with Gasteiger partial charge in [-0.2, -0.15) is 0 Å². The van der Waals surface area contributed by atoms with Crippen molar-refractivity contribution in [2.24, 2.45) is 5.41 Å². The average molecular weight is 340 g/mol. The average Bonchev–Trinajstić information content (AvgIpc) is 3.00. The first-order chi connectivity index (χ1) is 12.2. The van der Waals surface area contributed by atoms with Gasteiger partial charge in [0, 0.05) is 23.9 Å². The number of hydrogen-bond donors (Lipinski definition) is 0. The van der Waals surface area contributed by atoms with E-state index in [4.69, 9.17) is 9.47 Å². The van der Waals surface area contributed by atoms with E-state index in [0.29, 0.717) is 24.7 Å². The highest BCUT2D eigenvalue weighted by atomic mass is 16.5. The topological polar surface area (TPSA) is 51.7 Å². The van der Waals surface area contributed by atoms with Crippen molar-refractivity contribution in [2.75, 3.05) is 33.4 Å². The number of pyridine rings is 1. The summed E-state index contributed by atoms with van der Waals surface area (Å²) in [5, 5.41) is 1.90. The van der Waals surface area contributed by atoms with E-state index < -0.39 is 0 Å². The molecule has 1 amide bonds. The van der Waals surface area contributed by atoms with Gasteiger partial charge in [0.15, 0.2) is 0 Å². The SMILES string of the molecule is COc1nc(C(=O)N2CCOCC3(CCCC3)C2)cc2ccccc12. The highest BCUT2D eigenvalue weighted by molar-refractivity contribution is 5.98. The molecule has 0 atom stereocenters. The molecule has 2 aliphatic rings. The Kier molecular flexibility index (Phi) is 4.34. The lowest BCUT2D eigenvalue weighted by atomic mass is 9.86. The Morgan fingerprint density at radius 3 is 2.88 bits per heavy atom. The van der Waals surface area contributed by atoms with Crippen molar-refractivity contribution in [3.63, 3.8) is 0 Å². The number of rotatable bonds is 2. The van der Waals surface area contributed by atoms with E-state index >= 15 is 0 Å². The summed E-state index contributed by atoms with van der Waals surface area (Å²) in [6, 6.07) is 9.73. The Hall–Kier alpha value is -2.14. The zero-order chi connectivity index (χ0) is 17.3. The van der Waals surface area contributed by atoms with Gasteiger partial charge in [0.05, 0.1) is 20.3 Å². The zero-order valence-corrected chi connectivity index (χ0v) is 14.7. The second-order valence-electron chi connectivity index (χ2n) is 7.22. The summed E-state index contributed by atoms with van der Waals surface area (Å²) in [4.78, 5) is 19.6. The molecule has 1 saturated carbocycles. The number of aromatic nitrogens is 1. The summed E-state index contributed by atoms with van der Waals surface area (Å²) >= 11 is 0. The molecule has 5 heteroatoms. The molecule has 0 N–H and O–H groups in total. The Balaban J connectivity index is 1.66. The molecule has 1 spiro atoms. The van der Waals surface area contributed by atoms with Crippen LogP contribution < -0.4 is 4.74 Å². The molecule has 25 heavy (non-hydrogen) atoms. The quantitative estimate of drug-likeness (QED) is 0.842. The minimum absolute atomic E-state index is 0.0270.